The molecule has 32 heavy (non-hydrogen) atoms. The zero-order valence-electron chi connectivity index (χ0n) is 18.7. The number of pyridine rings is 2. The van der Waals surface area contributed by atoms with Gasteiger partial charge in [-0.2, -0.15) is 5.10 Å². The molecule has 6 heteroatoms. The Morgan fingerprint density at radius 3 is 2.72 bits per heavy atom. The Morgan fingerprint density at radius 2 is 1.94 bits per heavy atom. The van der Waals surface area contributed by atoms with Gasteiger partial charge in [0.2, 0.25) is 0 Å². The van der Waals surface area contributed by atoms with Gasteiger partial charge in [0, 0.05) is 48.0 Å². The number of hydrogen-bond donors (Lipinski definition) is 2. The van der Waals surface area contributed by atoms with E-state index in [2.05, 4.69) is 56.8 Å². The highest BCUT2D eigenvalue weighted by atomic mass is 15.1. The number of rotatable bonds is 5. The van der Waals surface area contributed by atoms with Crippen LogP contribution in [0, 0.1) is 13.8 Å². The molecule has 1 fully saturated rings. The minimum Gasteiger partial charge on any atom is -0.371 e. The predicted octanol–water partition coefficient (Wildman–Crippen LogP) is 5.64. The number of allylic oxidation sites excluding steroid dienone is 2. The van der Waals surface area contributed by atoms with Crippen molar-refractivity contribution in [3.63, 3.8) is 0 Å². The molecule has 1 aliphatic heterocycles. The van der Waals surface area contributed by atoms with Gasteiger partial charge in [0.1, 0.15) is 11.2 Å². The predicted molar refractivity (Wildman–Crippen MR) is 130 cm³/mol. The van der Waals surface area contributed by atoms with Gasteiger partial charge >= 0.3 is 0 Å². The Labute approximate surface area is 188 Å². The summed E-state index contributed by atoms with van der Waals surface area (Å²) in [5.41, 5.74) is 10.1. The second-order valence-corrected chi connectivity index (χ2v) is 8.47. The Kier molecular flexibility index (Phi) is 5.35. The van der Waals surface area contributed by atoms with Crippen LogP contribution >= 0.6 is 0 Å². The van der Waals surface area contributed by atoms with Gasteiger partial charge in [0.05, 0.1) is 16.9 Å². The van der Waals surface area contributed by atoms with Crippen molar-refractivity contribution in [3.8, 4) is 22.6 Å². The van der Waals surface area contributed by atoms with Crippen LogP contribution in [-0.4, -0.2) is 43.1 Å². The van der Waals surface area contributed by atoms with E-state index >= 15 is 0 Å². The first-order valence-corrected chi connectivity index (χ1v) is 11.2. The van der Waals surface area contributed by atoms with E-state index in [1.807, 2.05) is 37.5 Å². The maximum atomic E-state index is 4.94. The standard InChI is InChI=1S/C26H28N6/c1-4-8-24(32-11-6-5-7-12-32)20-14-23(28-18(20)3)26-25-22(30-31-26)10-9-21(29-25)19-13-17(2)15-27-16-19/h4,8-10,13-16,28H,1,5-7,11-12H2,2-3H3,(H,30,31)/b24-8+. The molecule has 0 spiro atoms. The topological polar surface area (TPSA) is 73.5 Å². The Morgan fingerprint density at radius 1 is 1.09 bits per heavy atom. The lowest BCUT2D eigenvalue weighted by atomic mass is 10.1. The van der Waals surface area contributed by atoms with Crippen LogP contribution in [-0.2, 0) is 0 Å². The number of nitrogens with zero attached hydrogens (tertiary/aromatic N) is 4. The first-order chi connectivity index (χ1) is 15.6. The molecule has 162 valence electrons. The van der Waals surface area contributed by atoms with Crippen LogP contribution in [0.15, 0.2) is 55.4 Å². The van der Waals surface area contributed by atoms with Gasteiger partial charge in [-0.1, -0.05) is 12.7 Å². The van der Waals surface area contributed by atoms with Crippen LogP contribution in [0.4, 0.5) is 0 Å². The summed E-state index contributed by atoms with van der Waals surface area (Å²) in [6, 6.07) is 8.33. The van der Waals surface area contributed by atoms with Gasteiger partial charge in [-0.3, -0.25) is 10.1 Å². The van der Waals surface area contributed by atoms with Crippen molar-refractivity contribution in [2.45, 2.75) is 33.1 Å². The van der Waals surface area contributed by atoms with Crippen LogP contribution in [0.5, 0.6) is 0 Å². The Balaban J connectivity index is 1.56. The van der Waals surface area contributed by atoms with E-state index in [1.165, 1.54) is 30.5 Å². The molecule has 0 saturated carbocycles. The number of fused-ring (bicyclic) bond motifs is 1. The highest BCUT2D eigenvalue weighted by molar-refractivity contribution is 5.91. The third-order valence-electron chi connectivity index (χ3n) is 6.10. The number of likely N-dealkylation sites (tertiary alicyclic amines) is 1. The van der Waals surface area contributed by atoms with Crippen LogP contribution in [0.2, 0.25) is 0 Å². The van der Waals surface area contributed by atoms with E-state index in [4.69, 9.17) is 4.98 Å². The van der Waals surface area contributed by atoms with Crippen LogP contribution in [0.25, 0.3) is 39.4 Å². The van der Waals surface area contributed by atoms with Gasteiger partial charge in [0.25, 0.3) is 0 Å². The van der Waals surface area contributed by atoms with E-state index in [0.29, 0.717) is 0 Å². The molecule has 0 radical (unpaired) electrons. The summed E-state index contributed by atoms with van der Waals surface area (Å²) in [7, 11) is 0. The molecule has 0 aromatic carbocycles. The molecule has 4 aromatic rings. The summed E-state index contributed by atoms with van der Waals surface area (Å²) in [5.74, 6) is 0. The zero-order chi connectivity index (χ0) is 22.1. The largest absolute Gasteiger partial charge is 0.371 e. The van der Waals surface area contributed by atoms with E-state index in [1.54, 1.807) is 0 Å². The molecular formula is C26H28N6. The second kappa shape index (κ2) is 8.46. The molecule has 0 atom stereocenters. The lowest BCUT2D eigenvalue weighted by molar-refractivity contribution is 0.326. The number of hydrogen-bond acceptors (Lipinski definition) is 4. The first-order valence-electron chi connectivity index (χ1n) is 11.2. The van der Waals surface area contributed by atoms with Crippen molar-refractivity contribution in [2.75, 3.05) is 13.1 Å². The Bertz CT molecular complexity index is 1300. The summed E-state index contributed by atoms with van der Waals surface area (Å²) in [6.45, 7) is 10.3. The van der Waals surface area contributed by atoms with E-state index in [-0.39, 0.29) is 0 Å². The third-order valence-corrected chi connectivity index (χ3v) is 6.10. The number of nitrogens with one attached hydrogen (secondary N) is 2. The fourth-order valence-corrected chi connectivity index (χ4v) is 4.51. The zero-order valence-corrected chi connectivity index (χ0v) is 18.7. The maximum absolute atomic E-state index is 4.94. The number of piperidine rings is 1. The average molecular weight is 425 g/mol. The summed E-state index contributed by atoms with van der Waals surface area (Å²) in [4.78, 5) is 15.3. The van der Waals surface area contributed by atoms with Crippen LogP contribution in [0.1, 0.15) is 36.1 Å². The summed E-state index contributed by atoms with van der Waals surface area (Å²) in [5, 5.41) is 7.74. The van der Waals surface area contributed by atoms with Crippen molar-refractivity contribution in [1.29, 1.82) is 0 Å². The molecule has 0 unspecified atom stereocenters. The monoisotopic (exact) mass is 424 g/mol. The Hall–Kier alpha value is -3.67. The molecule has 5 rings (SSSR count). The number of aromatic nitrogens is 5. The second-order valence-electron chi connectivity index (χ2n) is 8.47. The summed E-state index contributed by atoms with van der Waals surface area (Å²) in [6.07, 6.45) is 11.5. The summed E-state index contributed by atoms with van der Waals surface area (Å²) >= 11 is 0. The molecular weight excluding hydrogens is 396 g/mol. The van der Waals surface area contributed by atoms with E-state index < -0.39 is 0 Å². The molecule has 0 bridgehead atoms. The number of aromatic amines is 2. The normalized spacial score (nSPS) is 14.8. The van der Waals surface area contributed by atoms with E-state index in [0.717, 1.165) is 58.0 Å². The van der Waals surface area contributed by atoms with Gasteiger partial charge in [0.15, 0.2) is 0 Å². The average Bonchev–Trinajstić information content (AvgIpc) is 3.41. The smallest absolute Gasteiger partial charge is 0.135 e. The quantitative estimate of drug-likeness (QED) is 0.406. The summed E-state index contributed by atoms with van der Waals surface area (Å²) < 4.78 is 0. The number of aryl methyl sites for hydroxylation is 2. The van der Waals surface area contributed by atoms with Crippen LogP contribution < -0.4 is 0 Å². The molecule has 0 amide bonds. The molecule has 2 N–H and O–H groups in total. The fraction of sp³-hybridized carbons (Fsp3) is 0.269. The minimum absolute atomic E-state index is 0.827. The van der Waals surface area contributed by atoms with Gasteiger partial charge in [-0.25, -0.2) is 4.98 Å². The minimum atomic E-state index is 0.827. The molecule has 4 aromatic heterocycles. The first kappa shape index (κ1) is 20.2. The highest BCUT2D eigenvalue weighted by Crippen LogP contribution is 2.32. The van der Waals surface area contributed by atoms with Crippen molar-refractivity contribution in [1.82, 2.24) is 30.0 Å². The third kappa shape index (κ3) is 3.73. The van der Waals surface area contributed by atoms with Gasteiger partial charge in [-0.15, -0.1) is 0 Å². The molecule has 1 saturated heterocycles. The van der Waals surface area contributed by atoms with Crippen molar-refractivity contribution in [3.05, 3.63) is 72.2 Å². The lowest BCUT2D eigenvalue weighted by Gasteiger charge is -2.31. The van der Waals surface area contributed by atoms with Crippen molar-refractivity contribution >= 4 is 16.7 Å². The fourth-order valence-electron chi connectivity index (χ4n) is 4.51. The highest BCUT2D eigenvalue weighted by Gasteiger charge is 2.20. The SMILES string of the molecule is C=C/C=C(\c1cc(-c2n[nH]c3ccc(-c4cncc(C)c4)nc23)[nH]c1C)N1CCCCC1. The van der Waals surface area contributed by atoms with Gasteiger partial charge in [-0.05, 0) is 69.0 Å². The molecule has 5 heterocycles. The molecule has 6 nitrogen and oxygen atoms in total. The molecule has 0 aliphatic carbocycles. The maximum Gasteiger partial charge on any atom is 0.135 e. The van der Waals surface area contributed by atoms with Crippen molar-refractivity contribution in [2.24, 2.45) is 0 Å². The van der Waals surface area contributed by atoms with E-state index in [9.17, 15) is 0 Å². The van der Waals surface area contributed by atoms with Crippen LogP contribution in [0.3, 0.4) is 0 Å². The van der Waals surface area contributed by atoms with Crippen molar-refractivity contribution < 1.29 is 0 Å². The lowest BCUT2D eigenvalue weighted by Crippen LogP contribution is -2.28. The van der Waals surface area contributed by atoms with Gasteiger partial charge < -0.3 is 9.88 Å². The number of H-pyrrole nitrogens is 2. The molecule has 1 aliphatic rings.